The van der Waals surface area contributed by atoms with E-state index in [9.17, 15) is 0 Å². The zero-order valence-electron chi connectivity index (χ0n) is 10.1. The van der Waals surface area contributed by atoms with E-state index in [1.165, 1.54) is 5.56 Å². The monoisotopic (exact) mass is 290 g/mol. The molecule has 96 valence electrons. The van der Waals surface area contributed by atoms with Crippen molar-refractivity contribution in [3.05, 3.63) is 69.7 Å². The number of nitrogens with zero attached hydrogens (tertiary/aromatic N) is 1. The molecule has 3 rings (SSSR count). The van der Waals surface area contributed by atoms with E-state index >= 15 is 0 Å². The third kappa shape index (κ3) is 2.60. The van der Waals surface area contributed by atoms with Crippen LogP contribution in [0.1, 0.15) is 17.0 Å². The van der Waals surface area contributed by atoms with Crippen molar-refractivity contribution in [3.8, 4) is 0 Å². The molecule has 2 aromatic carbocycles. The molecule has 0 spiro atoms. The van der Waals surface area contributed by atoms with E-state index in [2.05, 4.69) is 10.5 Å². The van der Waals surface area contributed by atoms with Crippen LogP contribution in [-0.2, 0) is 0 Å². The molecule has 0 aromatic heterocycles. The molecule has 1 atom stereocenters. The quantitative estimate of drug-likeness (QED) is 0.885. The Morgan fingerprint density at radius 2 is 1.47 bits per heavy atom. The maximum Gasteiger partial charge on any atom is 0.0768 e. The standard InChI is InChI=1S/C15H12Cl2N2/c16-12-5-1-10(2-6-12)14-9-18-19-15(14)11-3-7-13(17)8-4-11/h1-8,14,18H,9H2/t14-/m0/s1. The van der Waals surface area contributed by atoms with Crippen LogP contribution in [0, 0.1) is 0 Å². The average molecular weight is 291 g/mol. The number of halogens is 2. The SMILES string of the molecule is Clc1ccc(C2=NNC[C@H]2c2ccc(Cl)cc2)cc1. The zero-order valence-corrected chi connectivity index (χ0v) is 11.6. The lowest BCUT2D eigenvalue weighted by Gasteiger charge is -2.12. The molecular formula is C15H12Cl2N2. The number of hydrogen-bond acceptors (Lipinski definition) is 2. The molecule has 1 heterocycles. The van der Waals surface area contributed by atoms with Crippen molar-refractivity contribution in [3.63, 3.8) is 0 Å². The normalized spacial score (nSPS) is 18.0. The molecule has 0 saturated heterocycles. The Morgan fingerprint density at radius 1 is 0.895 bits per heavy atom. The summed E-state index contributed by atoms with van der Waals surface area (Å²) in [5, 5.41) is 5.89. The van der Waals surface area contributed by atoms with E-state index in [4.69, 9.17) is 23.2 Å². The first-order valence-corrected chi connectivity index (χ1v) is 6.81. The molecule has 0 fully saturated rings. The Labute approximate surface area is 122 Å². The number of hydrazone groups is 1. The number of hydrogen-bond donors (Lipinski definition) is 1. The van der Waals surface area contributed by atoms with Gasteiger partial charge in [-0.25, -0.2) is 0 Å². The van der Waals surface area contributed by atoms with Crippen LogP contribution in [0.2, 0.25) is 10.0 Å². The van der Waals surface area contributed by atoms with E-state index in [1.54, 1.807) is 0 Å². The Morgan fingerprint density at radius 3 is 2.11 bits per heavy atom. The minimum atomic E-state index is 0.249. The third-order valence-electron chi connectivity index (χ3n) is 3.24. The van der Waals surface area contributed by atoms with Crippen molar-refractivity contribution in [1.82, 2.24) is 5.43 Å². The van der Waals surface area contributed by atoms with Crippen molar-refractivity contribution < 1.29 is 0 Å². The minimum absolute atomic E-state index is 0.249. The maximum absolute atomic E-state index is 5.93. The van der Waals surface area contributed by atoms with E-state index < -0.39 is 0 Å². The molecule has 0 saturated carbocycles. The zero-order chi connectivity index (χ0) is 13.2. The lowest BCUT2D eigenvalue weighted by Crippen LogP contribution is -2.14. The number of benzene rings is 2. The van der Waals surface area contributed by atoms with Crippen molar-refractivity contribution in [1.29, 1.82) is 0 Å². The van der Waals surface area contributed by atoms with Crippen LogP contribution in [0.25, 0.3) is 0 Å². The van der Waals surface area contributed by atoms with Crippen molar-refractivity contribution in [2.45, 2.75) is 5.92 Å². The molecule has 2 aromatic rings. The average Bonchev–Trinajstić information content (AvgIpc) is 2.90. The van der Waals surface area contributed by atoms with E-state index in [1.807, 2.05) is 48.5 Å². The van der Waals surface area contributed by atoms with Crippen LogP contribution in [-0.4, -0.2) is 12.3 Å². The fourth-order valence-corrected chi connectivity index (χ4v) is 2.51. The van der Waals surface area contributed by atoms with E-state index in [0.717, 1.165) is 27.9 Å². The molecule has 19 heavy (non-hydrogen) atoms. The van der Waals surface area contributed by atoms with Crippen LogP contribution in [0.3, 0.4) is 0 Å². The first-order valence-electron chi connectivity index (χ1n) is 6.06. The van der Waals surface area contributed by atoms with E-state index in [0.29, 0.717) is 0 Å². The van der Waals surface area contributed by atoms with Gasteiger partial charge in [0.15, 0.2) is 0 Å². The second kappa shape index (κ2) is 5.24. The van der Waals surface area contributed by atoms with Gasteiger partial charge in [-0.05, 0) is 35.4 Å². The summed E-state index contributed by atoms with van der Waals surface area (Å²) >= 11 is 11.8. The van der Waals surface area contributed by atoms with Gasteiger partial charge in [-0.2, -0.15) is 5.10 Å². The lowest BCUT2D eigenvalue weighted by atomic mass is 9.91. The summed E-state index contributed by atoms with van der Waals surface area (Å²) in [7, 11) is 0. The Hall–Kier alpha value is -1.51. The van der Waals surface area contributed by atoms with Gasteiger partial charge in [0, 0.05) is 22.5 Å². The van der Waals surface area contributed by atoms with Crippen molar-refractivity contribution >= 4 is 28.9 Å². The summed E-state index contributed by atoms with van der Waals surface area (Å²) in [5.41, 5.74) is 6.41. The van der Waals surface area contributed by atoms with E-state index in [-0.39, 0.29) is 5.92 Å². The van der Waals surface area contributed by atoms with Crippen molar-refractivity contribution in [2.24, 2.45) is 5.10 Å². The molecule has 1 aliphatic rings. The number of rotatable bonds is 2. The Kier molecular flexibility index (Phi) is 3.45. The Balaban J connectivity index is 1.93. The number of nitrogens with one attached hydrogen (secondary N) is 1. The van der Waals surface area contributed by atoms with Gasteiger partial charge in [0.05, 0.1) is 5.71 Å². The molecule has 4 heteroatoms. The van der Waals surface area contributed by atoms with Crippen LogP contribution >= 0.6 is 23.2 Å². The largest absolute Gasteiger partial charge is 0.309 e. The predicted octanol–water partition coefficient (Wildman–Crippen LogP) is 4.08. The maximum atomic E-state index is 5.93. The second-order valence-electron chi connectivity index (χ2n) is 4.47. The highest BCUT2D eigenvalue weighted by Crippen LogP contribution is 2.26. The van der Waals surface area contributed by atoms with Gasteiger partial charge in [-0.1, -0.05) is 47.5 Å². The molecular weight excluding hydrogens is 279 g/mol. The second-order valence-corrected chi connectivity index (χ2v) is 5.34. The van der Waals surface area contributed by atoms with Gasteiger partial charge in [-0.15, -0.1) is 0 Å². The van der Waals surface area contributed by atoms with Gasteiger partial charge in [0.25, 0.3) is 0 Å². The highest BCUT2D eigenvalue weighted by molar-refractivity contribution is 6.31. The fraction of sp³-hybridized carbons (Fsp3) is 0.133. The Bertz CT molecular complexity index is 603. The molecule has 1 N–H and O–H groups in total. The molecule has 0 aliphatic carbocycles. The highest BCUT2D eigenvalue weighted by atomic mass is 35.5. The van der Waals surface area contributed by atoms with Gasteiger partial charge < -0.3 is 5.43 Å². The minimum Gasteiger partial charge on any atom is -0.309 e. The molecule has 2 nitrogen and oxygen atoms in total. The predicted molar refractivity (Wildman–Crippen MR) is 80.2 cm³/mol. The first-order chi connectivity index (χ1) is 9.24. The summed E-state index contributed by atoms with van der Waals surface area (Å²) in [5.74, 6) is 0.249. The topological polar surface area (TPSA) is 24.4 Å². The van der Waals surface area contributed by atoms with Crippen LogP contribution in [0.4, 0.5) is 0 Å². The van der Waals surface area contributed by atoms with Crippen LogP contribution in [0.15, 0.2) is 53.6 Å². The molecule has 1 aliphatic heterocycles. The van der Waals surface area contributed by atoms with Gasteiger partial charge in [0.2, 0.25) is 0 Å². The lowest BCUT2D eigenvalue weighted by molar-refractivity contribution is 0.763. The van der Waals surface area contributed by atoms with Crippen LogP contribution < -0.4 is 5.43 Å². The summed E-state index contributed by atoms with van der Waals surface area (Å²) < 4.78 is 0. The van der Waals surface area contributed by atoms with Crippen LogP contribution in [0.5, 0.6) is 0 Å². The first kappa shape index (κ1) is 12.5. The van der Waals surface area contributed by atoms with Crippen molar-refractivity contribution in [2.75, 3.05) is 6.54 Å². The summed E-state index contributed by atoms with van der Waals surface area (Å²) in [4.78, 5) is 0. The summed E-state index contributed by atoms with van der Waals surface area (Å²) in [6.07, 6.45) is 0. The smallest absolute Gasteiger partial charge is 0.0768 e. The summed E-state index contributed by atoms with van der Waals surface area (Å²) in [6, 6.07) is 15.7. The molecule has 0 amide bonds. The van der Waals surface area contributed by atoms with Gasteiger partial charge >= 0.3 is 0 Å². The third-order valence-corrected chi connectivity index (χ3v) is 3.74. The molecule has 0 unspecified atom stereocenters. The molecule has 0 radical (unpaired) electrons. The highest BCUT2D eigenvalue weighted by Gasteiger charge is 2.24. The van der Waals surface area contributed by atoms with Gasteiger partial charge in [-0.3, -0.25) is 0 Å². The molecule has 0 bridgehead atoms. The summed E-state index contributed by atoms with van der Waals surface area (Å²) in [6.45, 7) is 0.805. The van der Waals surface area contributed by atoms with Gasteiger partial charge in [0.1, 0.15) is 0 Å². The fourth-order valence-electron chi connectivity index (χ4n) is 2.25.